The fraction of sp³-hybridized carbons (Fsp3) is 0.571. The monoisotopic (exact) mass is 380 g/mol. The maximum absolute atomic E-state index is 13.2. The van der Waals surface area contributed by atoms with E-state index in [0.717, 1.165) is 44.7 Å². The van der Waals surface area contributed by atoms with Crippen LogP contribution in [0.15, 0.2) is 36.9 Å². The number of carbonyl (C=O) groups is 1. The molecule has 0 radical (unpaired) electrons. The Bertz CT molecular complexity index is 821. The minimum Gasteiger partial charge on any atom is -0.341 e. The summed E-state index contributed by atoms with van der Waals surface area (Å²) >= 11 is 0. The van der Waals surface area contributed by atoms with Crippen LogP contribution in [-0.4, -0.2) is 50.5 Å². The Morgan fingerprint density at radius 3 is 2.89 bits per heavy atom. The van der Waals surface area contributed by atoms with Gasteiger partial charge in [-0.05, 0) is 43.4 Å². The van der Waals surface area contributed by atoms with Crippen molar-refractivity contribution in [3.8, 4) is 0 Å². The molecule has 7 nitrogen and oxygen atoms in total. The zero-order chi connectivity index (χ0) is 18.9. The van der Waals surface area contributed by atoms with Crippen LogP contribution in [0, 0.1) is 5.92 Å². The van der Waals surface area contributed by atoms with E-state index >= 15 is 0 Å². The zero-order valence-electron chi connectivity index (χ0n) is 16.1. The Kier molecular flexibility index (Phi) is 4.86. The third-order valence-corrected chi connectivity index (χ3v) is 6.64. The van der Waals surface area contributed by atoms with E-state index in [1.807, 2.05) is 36.9 Å². The van der Waals surface area contributed by atoms with E-state index in [0.29, 0.717) is 17.9 Å². The Labute approximate surface area is 165 Å². The molecule has 7 heteroatoms. The first-order chi connectivity index (χ1) is 13.8. The number of nitrogens with zero attached hydrogens (tertiary/aromatic N) is 4. The van der Waals surface area contributed by atoms with E-state index < -0.39 is 0 Å². The van der Waals surface area contributed by atoms with Gasteiger partial charge in [-0.2, -0.15) is 0 Å². The molecule has 0 aromatic carbocycles. The van der Waals surface area contributed by atoms with Crippen molar-refractivity contribution in [2.24, 2.45) is 5.92 Å². The summed E-state index contributed by atoms with van der Waals surface area (Å²) in [5, 5.41) is 0. The van der Waals surface area contributed by atoms with E-state index in [-0.39, 0.29) is 11.9 Å². The molecular formula is C21H28N6O. The first kappa shape index (κ1) is 17.8. The summed E-state index contributed by atoms with van der Waals surface area (Å²) in [6.07, 6.45) is 13.2. The average Bonchev–Trinajstić information content (AvgIpc) is 3.45. The number of rotatable bonds is 4. The van der Waals surface area contributed by atoms with E-state index in [9.17, 15) is 4.79 Å². The van der Waals surface area contributed by atoms with Gasteiger partial charge in [0.2, 0.25) is 5.91 Å². The van der Waals surface area contributed by atoms with Crippen molar-refractivity contribution < 1.29 is 4.79 Å². The number of aromatic nitrogens is 3. The fourth-order valence-electron chi connectivity index (χ4n) is 5.20. The third-order valence-electron chi connectivity index (χ3n) is 6.64. The highest BCUT2D eigenvalue weighted by Gasteiger charge is 2.44. The molecule has 1 amide bonds. The van der Waals surface area contributed by atoms with Crippen LogP contribution in [0.2, 0.25) is 0 Å². The summed E-state index contributed by atoms with van der Waals surface area (Å²) < 4.78 is 2.22. The number of hydrogen-bond acceptors (Lipinski definition) is 5. The molecule has 0 bridgehead atoms. The number of nitrogens with one attached hydrogen (secondary N) is 2. The molecule has 5 rings (SSSR count). The molecule has 1 saturated carbocycles. The van der Waals surface area contributed by atoms with Gasteiger partial charge < -0.3 is 9.47 Å². The van der Waals surface area contributed by atoms with Gasteiger partial charge in [0.15, 0.2) is 0 Å². The van der Waals surface area contributed by atoms with Crippen molar-refractivity contribution in [2.75, 3.05) is 13.1 Å². The van der Waals surface area contributed by atoms with E-state index in [1.54, 1.807) is 0 Å². The number of fused-ring (bicyclic) bond motifs is 1. The molecule has 2 N–H and O–H groups in total. The highest BCUT2D eigenvalue weighted by atomic mass is 16.2. The maximum Gasteiger partial charge on any atom is 0.241 e. The molecule has 2 saturated heterocycles. The molecule has 1 aliphatic carbocycles. The third kappa shape index (κ3) is 3.33. The lowest BCUT2D eigenvalue weighted by Gasteiger charge is -2.35. The minimum atomic E-state index is -0.0668. The molecule has 2 aliphatic heterocycles. The number of likely N-dealkylation sites (tertiary alicyclic amines) is 1. The van der Waals surface area contributed by atoms with Crippen LogP contribution in [0.5, 0.6) is 0 Å². The molecule has 2 aromatic rings. The normalized spacial score (nSPS) is 29.8. The van der Waals surface area contributed by atoms with Crippen LogP contribution in [0.3, 0.4) is 0 Å². The largest absolute Gasteiger partial charge is 0.341 e. The standard InChI is InChI=1S/C21H28N6O/c28-21(19-17-4-1-5-18(17)24-25-19)27-11-2-3-16(14-27)20-23-10-12-26(20)13-15-6-8-22-9-7-15/h6-10,12,16-19,24-25H,1-5,11,13-14H2. The maximum atomic E-state index is 13.2. The summed E-state index contributed by atoms with van der Waals surface area (Å²) in [7, 11) is 0. The smallest absolute Gasteiger partial charge is 0.241 e. The number of pyridine rings is 1. The van der Waals surface area contributed by atoms with Crippen LogP contribution in [-0.2, 0) is 11.3 Å². The molecule has 148 valence electrons. The average molecular weight is 380 g/mol. The summed E-state index contributed by atoms with van der Waals surface area (Å²) in [4.78, 5) is 24.1. The van der Waals surface area contributed by atoms with Gasteiger partial charge >= 0.3 is 0 Å². The van der Waals surface area contributed by atoms with Gasteiger partial charge in [0.1, 0.15) is 11.9 Å². The van der Waals surface area contributed by atoms with Crippen LogP contribution >= 0.6 is 0 Å². The summed E-state index contributed by atoms with van der Waals surface area (Å²) in [6.45, 7) is 2.41. The summed E-state index contributed by atoms with van der Waals surface area (Å²) in [6, 6.07) is 4.48. The summed E-state index contributed by atoms with van der Waals surface area (Å²) in [5.41, 5.74) is 7.84. The fourth-order valence-corrected chi connectivity index (χ4v) is 5.20. The van der Waals surface area contributed by atoms with Crippen molar-refractivity contribution in [1.29, 1.82) is 0 Å². The molecule has 0 spiro atoms. The highest BCUT2D eigenvalue weighted by Crippen LogP contribution is 2.33. The molecule has 4 unspecified atom stereocenters. The van der Waals surface area contributed by atoms with Gasteiger partial charge in [0.25, 0.3) is 0 Å². The number of imidazole rings is 1. The Hall–Kier alpha value is -2.25. The van der Waals surface area contributed by atoms with Crippen LogP contribution in [0.25, 0.3) is 0 Å². The van der Waals surface area contributed by atoms with Gasteiger partial charge in [-0.15, -0.1) is 0 Å². The molecule has 4 heterocycles. The first-order valence-electron chi connectivity index (χ1n) is 10.5. The Morgan fingerprint density at radius 1 is 1.11 bits per heavy atom. The number of piperidine rings is 1. The van der Waals surface area contributed by atoms with E-state index in [1.165, 1.54) is 18.4 Å². The van der Waals surface area contributed by atoms with E-state index in [4.69, 9.17) is 0 Å². The lowest BCUT2D eigenvalue weighted by atomic mass is 9.93. The van der Waals surface area contributed by atoms with E-state index in [2.05, 4.69) is 30.3 Å². The SMILES string of the molecule is O=C(C1NNC2CCCC21)N1CCCC(c2nccn2Cc2ccncc2)C1. The van der Waals surface area contributed by atoms with Gasteiger partial charge in [-0.1, -0.05) is 6.42 Å². The highest BCUT2D eigenvalue weighted by molar-refractivity contribution is 5.83. The predicted octanol–water partition coefficient (Wildman–Crippen LogP) is 1.68. The van der Waals surface area contributed by atoms with Gasteiger partial charge in [0.05, 0.1) is 0 Å². The lowest BCUT2D eigenvalue weighted by molar-refractivity contribution is -0.135. The molecule has 3 aliphatic rings. The van der Waals surface area contributed by atoms with Crippen molar-refractivity contribution in [1.82, 2.24) is 30.3 Å². The van der Waals surface area contributed by atoms with Gasteiger partial charge in [-0.25, -0.2) is 10.4 Å². The number of hydrogen-bond donors (Lipinski definition) is 2. The van der Waals surface area contributed by atoms with Gasteiger partial charge in [0, 0.05) is 62.3 Å². The second-order valence-electron chi connectivity index (χ2n) is 8.36. The first-order valence-corrected chi connectivity index (χ1v) is 10.5. The molecule has 4 atom stereocenters. The van der Waals surface area contributed by atoms with Crippen molar-refractivity contribution in [2.45, 2.75) is 56.7 Å². The predicted molar refractivity (Wildman–Crippen MR) is 105 cm³/mol. The van der Waals surface area contributed by atoms with Crippen LogP contribution < -0.4 is 10.9 Å². The zero-order valence-corrected chi connectivity index (χ0v) is 16.1. The Morgan fingerprint density at radius 2 is 2.00 bits per heavy atom. The van der Waals surface area contributed by atoms with Gasteiger partial charge in [-0.3, -0.25) is 15.2 Å². The van der Waals surface area contributed by atoms with Crippen molar-refractivity contribution >= 4 is 5.91 Å². The van der Waals surface area contributed by atoms with Crippen LogP contribution in [0.1, 0.15) is 49.4 Å². The number of amides is 1. The molecular weight excluding hydrogens is 352 g/mol. The molecule has 2 aromatic heterocycles. The summed E-state index contributed by atoms with van der Waals surface area (Å²) in [5.74, 6) is 2.09. The molecule has 28 heavy (non-hydrogen) atoms. The number of carbonyl (C=O) groups excluding carboxylic acids is 1. The topological polar surface area (TPSA) is 75.1 Å². The second-order valence-corrected chi connectivity index (χ2v) is 8.36. The quantitative estimate of drug-likeness (QED) is 0.844. The van der Waals surface area contributed by atoms with Crippen molar-refractivity contribution in [3.05, 3.63) is 48.3 Å². The second kappa shape index (κ2) is 7.64. The Balaban J connectivity index is 1.29. The molecule has 3 fully saturated rings. The lowest BCUT2D eigenvalue weighted by Crippen LogP contribution is -2.50. The van der Waals surface area contributed by atoms with Crippen LogP contribution in [0.4, 0.5) is 0 Å². The number of hydrazine groups is 1. The van der Waals surface area contributed by atoms with Crippen molar-refractivity contribution in [3.63, 3.8) is 0 Å². The minimum absolute atomic E-state index is 0.0668.